The molecule has 0 amide bonds. The number of aliphatic hydroxyl groups excluding tert-OH is 1. The van der Waals surface area contributed by atoms with E-state index >= 15 is 0 Å². The number of aliphatic hydroxyl groups is 1. The minimum absolute atomic E-state index is 0. The van der Waals surface area contributed by atoms with E-state index in [0.29, 0.717) is 5.92 Å². The predicted molar refractivity (Wildman–Crippen MR) is 124 cm³/mol. The Bertz CT molecular complexity index is 901. The normalized spacial score (nSPS) is 10.1. The van der Waals surface area contributed by atoms with Crippen LogP contribution in [-0.4, -0.2) is 23.9 Å². The monoisotopic (exact) mass is 396 g/mol. The Kier molecular flexibility index (Phi) is 9.47. The van der Waals surface area contributed by atoms with Gasteiger partial charge in [0, 0.05) is 12.0 Å². The lowest BCUT2D eigenvalue weighted by Gasteiger charge is -2.16. The van der Waals surface area contributed by atoms with Gasteiger partial charge in [0.1, 0.15) is 0 Å². The van der Waals surface area contributed by atoms with Crippen molar-refractivity contribution in [1.29, 1.82) is 0 Å². The quantitative estimate of drug-likeness (QED) is 0.529. The van der Waals surface area contributed by atoms with Crippen LogP contribution >= 0.6 is 11.8 Å². The van der Waals surface area contributed by atoms with Gasteiger partial charge in [-0.1, -0.05) is 56.3 Å². The molecule has 0 saturated heterocycles. The van der Waals surface area contributed by atoms with Gasteiger partial charge in [-0.2, -0.15) is 0 Å². The first-order chi connectivity index (χ1) is 13.0. The minimum atomic E-state index is 0. The second kappa shape index (κ2) is 11.1. The van der Waals surface area contributed by atoms with E-state index in [1.165, 1.54) is 43.8 Å². The minimum Gasteiger partial charge on any atom is -0.412 e. The third kappa shape index (κ3) is 5.48. The highest BCUT2D eigenvalue weighted by molar-refractivity contribution is 7.98. The molecule has 3 rings (SSSR count). The summed E-state index contributed by atoms with van der Waals surface area (Å²) < 4.78 is 0. The zero-order valence-electron chi connectivity index (χ0n) is 17.7. The molecule has 28 heavy (non-hydrogen) atoms. The lowest BCUT2D eigenvalue weighted by Crippen LogP contribution is -1.94. The Morgan fingerprint density at radius 3 is 2.00 bits per heavy atom. The zero-order chi connectivity index (χ0) is 20.0. The van der Waals surface area contributed by atoms with Crippen molar-refractivity contribution < 1.29 is 10.6 Å². The van der Waals surface area contributed by atoms with Crippen molar-refractivity contribution in [2.45, 2.75) is 38.5 Å². The fourth-order valence-electron chi connectivity index (χ4n) is 3.20. The number of hydrogen-bond donors (Lipinski definition) is 1. The Balaban J connectivity index is 0.00000127. The second-order valence-corrected chi connectivity index (χ2v) is 7.87. The fraction of sp³-hybridized carbons (Fsp3) is 0.280. The number of thioether (sulfide) groups is 1. The van der Waals surface area contributed by atoms with Gasteiger partial charge in [0.15, 0.2) is 0 Å². The highest BCUT2D eigenvalue weighted by atomic mass is 32.2. The second-order valence-electron chi connectivity index (χ2n) is 6.99. The van der Waals surface area contributed by atoms with Crippen LogP contribution in [0.5, 0.6) is 0 Å². The first-order valence-electron chi connectivity index (χ1n) is 9.30. The molecule has 0 aliphatic heterocycles. The molecule has 0 bridgehead atoms. The van der Waals surface area contributed by atoms with Gasteiger partial charge >= 0.3 is 0 Å². The van der Waals surface area contributed by atoms with Crippen molar-refractivity contribution in [2.75, 3.05) is 13.4 Å². The van der Waals surface area contributed by atoms with E-state index in [2.05, 4.69) is 94.6 Å². The Morgan fingerprint density at radius 1 is 0.750 bits per heavy atom. The van der Waals surface area contributed by atoms with Crippen LogP contribution in [0.1, 0.15) is 36.5 Å². The van der Waals surface area contributed by atoms with Crippen molar-refractivity contribution in [1.82, 2.24) is 0 Å². The Hall–Kier alpha value is -2.07. The predicted octanol–water partition coefficient (Wildman–Crippen LogP) is 6.27. The molecule has 0 saturated carbocycles. The summed E-state index contributed by atoms with van der Waals surface area (Å²) in [6.07, 6.45) is 2.13. The average molecular weight is 397 g/mol. The topological polar surface area (TPSA) is 51.7 Å². The van der Waals surface area contributed by atoms with E-state index in [9.17, 15) is 0 Å². The van der Waals surface area contributed by atoms with Gasteiger partial charge in [-0.05, 0) is 83.2 Å². The van der Waals surface area contributed by atoms with Crippen LogP contribution in [0, 0.1) is 13.8 Å². The summed E-state index contributed by atoms with van der Waals surface area (Å²) in [5.74, 6) is 0.502. The van der Waals surface area contributed by atoms with Crippen LogP contribution in [0.15, 0.2) is 65.6 Å². The summed E-state index contributed by atoms with van der Waals surface area (Å²) in [5.41, 5.74) is 9.33. The molecule has 2 nitrogen and oxygen atoms in total. The first kappa shape index (κ1) is 24.0. The summed E-state index contributed by atoms with van der Waals surface area (Å²) >= 11 is 1.80. The number of rotatable bonds is 4. The molecule has 0 aliphatic carbocycles. The lowest BCUT2D eigenvalue weighted by atomic mass is 9.89. The molecule has 0 aromatic heterocycles. The van der Waals surface area contributed by atoms with E-state index in [1.54, 1.807) is 11.8 Å². The van der Waals surface area contributed by atoms with Crippen LogP contribution in [0.2, 0.25) is 0 Å². The molecule has 3 aromatic rings. The molecule has 0 aliphatic rings. The third-order valence-electron chi connectivity index (χ3n) is 4.90. The van der Waals surface area contributed by atoms with Crippen molar-refractivity contribution >= 4 is 11.8 Å². The molecule has 3 N–H and O–H groups in total. The largest absolute Gasteiger partial charge is 0.412 e. The van der Waals surface area contributed by atoms with E-state index in [4.69, 9.17) is 5.11 Å². The van der Waals surface area contributed by atoms with Crippen molar-refractivity contribution in [2.24, 2.45) is 0 Å². The summed E-state index contributed by atoms with van der Waals surface area (Å²) in [6, 6.07) is 22.5. The molecule has 0 spiro atoms. The molecular formula is C25H32O2S. The maximum atomic E-state index is 7.00. The SMILES string of the molecule is CO.CSc1cccc(-c2cc(-c3ccc(C)c(C)c3)ccc2C(C)C)c1.O. The van der Waals surface area contributed by atoms with Gasteiger partial charge in [0.2, 0.25) is 0 Å². The van der Waals surface area contributed by atoms with Crippen molar-refractivity contribution in [3.63, 3.8) is 0 Å². The standard InChI is InChI=1S/C24H26S.CH4O.H2O/c1-16(2)23-12-11-20(19-10-9-17(3)18(4)13-19)15-24(23)21-7-6-8-22(14-21)25-5;1-2;/h6-16H,1-5H3;2H,1H3;1H2. The molecular weight excluding hydrogens is 364 g/mol. The first-order valence-corrected chi connectivity index (χ1v) is 10.5. The summed E-state index contributed by atoms with van der Waals surface area (Å²) in [5, 5.41) is 7.00. The van der Waals surface area contributed by atoms with Crippen molar-refractivity contribution in [3.8, 4) is 22.3 Å². The van der Waals surface area contributed by atoms with E-state index in [-0.39, 0.29) is 5.48 Å². The van der Waals surface area contributed by atoms with Gasteiger partial charge in [0.05, 0.1) is 0 Å². The van der Waals surface area contributed by atoms with E-state index < -0.39 is 0 Å². The average Bonchev–Trinajstić information content (AvgIpc) is 2.71. The highest BCUT2D eigenvalue weighted by Crippen LogP contribution is 2.35. The summed E-state index contributed by atoms with van der Waals surface area (Å²) in [6.45, 7) is 8.89. The molecule has 0 atom stereocenters. The Labute approximate surface area is 174 Å². The Morgan fingerprint density at radius 2 is 1.39 bits per heavy atom. The molecule has 3 heteroatoms. The van der Waals surface area contributed by atoms with E-state index in [0.717, 1.165) is 7.11 Å². The lowest BCUT2D eigenvalue weighted by molar-refractivity contribution is 0.399. The number of benzene rings is 3. The fourth-order valence-corrected chi connectivity index (χ4v) is 3.66. The number of hydrogen-bond acceptors (Lipinski definition) is 2. The maximum absolute atomic E-state index is 7.00. The van der Waals surface area contributed by atoms with Gasteiger partial charge in [-0.15, -0.1) is 11.8 Å². The highest BCUT2D eigenvalue weighted by Gasteiger charge is 2.11. The molecule has 0 unspecified atom stereocenters. The van der Waals surface area contributed by atoms with Gasteiger partial charge in [-0.3, -0.25) is 0 Å². The summed E-state index contributed by atoms with van der Waals surface area (Å²) in [7, 11) is 1.00. The van der Waals surface area contributed by atoms with E-state index in [1.807, 2.05) is 0 Å². The van der Waals surface area contributed by atoms with Gasteiger partial charge in [0.25, 0.3) is 0 Å². The summed E-state index contributed by atoms with van der Waals surface area (Å²) in [4.78, 5) is 1.31. The van der Waals surface area contributed by atoms with Crippen LogP contribution in [0.25, 0.3) is 22.3 Å². The van der Waals surface area contributed by atoms with Gasteiger partial charge < -0.3 is 10.6 Å². The molecule has 3 aromatic carbocycles. The van der Waals surface area contributed by atoms with Crippen LogP contribution in [0.3, 0.4) is 0 Å². The maximum Gasteiger partial charge on any atom is 0.0319 e. The van der Waals surface area contributed by atoms with Crippen LogP contribution in [0.4, 0.5) is 0 Å². The molecule has 0 heterocycles. The van der Waals surface area contributed by atoms with Gasteiger partial charge in [-0.25, -0.2) is 0 Å². The van der Waals surface area contributed by atoms with Crippen molar-refractivity contribution in [3.05, 3.63) is 77.4 Å². The third-order valence-corrected chi connectivity index (χ3v) is 5.62. The number of aryl methyl sites for hydroxylation is 2. The molecule has 150 valence electrons. The smallest absolute Gasteiger partial charge is 0.0319 e. The molecule has 0 radical (unpaired) electrons. The molecule has 0 fully saturated rings. The van der Waals surface area contributed by atoms with Crippen LogP contribution in [-0.2, 0) is 0 Å². The van der Waals surface area contributed by atoms with Crippen LogP contribution < -0.4 is 0 Å². The zero-order valence-corrected chi connectivity index (χ0v) is 18.5.